The van der Waals surface area contributed by atoms with Gasteiger partial charge in [-0.3, -0.25) is 4.79 Å². The Balaban J connectivity index is 1.64. The normalized spacial score (nSPS) is 25.8. The largest absolute Gasteiger partial charge is 0.299 e. The molecule has 5 nitrogen and oxygen atoms in total. The van der Waals surface area contributed by atoms with Crippen molar-refractivity contribution in [3.05, 3.63) is 101 Å². The van der Waals surface area contributed by atoms with Crippen LogP contribution in [0, 0.1) is 5.92 Å². The number of benzene rings is 3. The zero-order valence-corrected chi connectivity index (χ0v) is 23.3. The smallest absolute Gasteiger partial charge is 0.243 e. The van der Waals surface area contributed by atoms with Crippen LogP contribution >= 0.6 is 41.9 Å². The minimum absolute atomic E-state index is 0.0151. The molecule has 0 N–H and O–H groups in total. The van der Waals surface area contributed by atoms with Crippen LogP contribution in [-0.4, -0.2) is 35.4 Å². The summed E-state index contributed by atoms with van der Waals surface area (Å²) in [5.41, 5.74) is 1.94. The van der Waals surface area contributed by atoms with E-state index in [0.29, 0.717) is 18.0 Å². The Morgan fingerprint density at radius 1 is 0.886 bits per heavy atom. The van der Waals surface area contributed by atoms with Crippen LogP contribution in [0.1, 0.15) is 36.1 Å². The molecule has 2 aliphatic heterocycles. The van der Waals surface area contributed by atoms with Gasteiger partial charge in [0.25, 0.3) is 0 Å². The molecule has 0 spiro atoms. The van der Waals surface area contributed by atoms with E-state index >= 15 is 0 Å². The first-order valence-electron chi connectivity index (χ1n) is 11.4. The number of sulfonamides is 1. The molecule has 2 fully saturated rings. The van der Waals surface area contributed by atoms with E-state index in [9.17, 15) is 13.2 Å². The third-order valence-electron chi connectivity index (χ3n) is 6.92. The molecule has 2 aliphatic rings. The Morgan fingerprint density at radius 3 is 2.11 bits per heavy atom. The van der Waals surface area contributed by atoms with Gasteiger partial charge in [-0.15, -0.1) is 0 Å². The highest BCUT2D eigenvalue weighted by Gasteiger charge is 2.52. The predicted molar refractivity (Wildman–Crippen MR) is 149 cm³/mol. The van der Waals surface area contributed by atoms with Crippen molar-refractivity contribution >= 4 is 57.7 Å². The first-order chi connectivity index (χ1) is 16.9. The van der Waals surface area contributed by atoms with E-state index in [1.54, 1.807) is 31.6 Å². The van der Waals surface area contributed by atoms with Gasteiger partial charge in [-0.2, -0.15) is 4.31 Å². The van der Waals surface area contributed by atoms with Crippen LogP contribution in [0.4, 0.5) is 0 Å². The van der Waals surface area contributed by atoms with Crippen molar-refractivity contribution in [2.24, 2.45) is 5.92 Å². The van der Waals surface area contributed by atoms with Gasteiger partial charge in [0.2, 0.25) is 10.0 Å². The molecule has 2 saturated heterocycles. The Labute approximate surface area is 227 Å². The predicted octanol–water partition coefficient (Wildman–Crippen LogP) is 6.47. The maximum Gasteiger partial charge on any atom is 0.243 e. The maximum absolute atomic E-state index is 14.2. The molecule has 3 aromatic rings. The number of rotatable bonds is 5. The van der Waals surface area contributed by atoms with E-state index in [2.05, 4.69) is 37.6 Å². The SMILES string of the molecule is O=C1C[C@@H](c2ccccc2)N(S(=O)(=O)c2cccc(Cl)c2)[C@H]2C[C@@H](c3ccccc3)N(SI)C[C@@H]12. The molecule has 0 bridgehead atoms. The summed E-state index contributed by atoms with van der Waals surface area (Å²) in [6.07, 6.45) is 0.681. The molecule has 35 heavy (non-hydrogen) atoms. The van der Waals surface area contributed by atoms with E-state index in [0.717, 1.165) is 11.1 Å². The number of halogens is 2. The van der Waals surface area contributed by atoms with Crippen molar-refractivity contribution in [2.45, 2.75) is 35.9 Å². The lowest BCUT2D eigenvalue weighted by molar-refractivity contribution is -0.131. The topological polar surface area (TPSA) is 57.7 Å². The molecule has 0 aliphatic carbocycles. The second-order valence-electron chi connectivity index (χ2n) is 8.89. The molecule has 2 heterocycles. The van der Waals surface area contributed by atoms with E-state index in [1.165, 1.54) is 6.07 Å². The third kappa shape index (κ3) is 4.93. The number of ketones is 1. The van der Waals surface area contributed by atoms with Crippen LogP contribution in [0.25, 0.3) is 0 Å². The van der Waals surface area contributed by atoms with Gasteiger partial charge in [0.05, 0.1) is 10.9 Å². The number of hydrogen-bond donors (Lipinski definition) is 0. The summed E-state index contributed by atoms with van der Waals surface area (Å²) in [5, 5.41) is 0.366. The number of fused-ring (bicyclic) bond motifs is 1. The van der Waals surface area contributed by atoms with Crippen LogP contribution in [0.5, 0.6) is 0 Å². The van der Waals surface area contributed by atoms with Crippen LogP contribution in [0.15, 0.2) is 89.8 Å². The van der Waals surface area contributed by atoms with Crippen LogP contribution < -0.4 is 0 Å². The average Bonchev–Trinajstić information content (AvgIpc) is 2.88. The molecule has 0 amide bonds. The van der Waals surface area contributed by atoms with E-state index in [-0.39, 0.29) is 23.1 Å². The fraction of sp³-hybridized carbons (Fsp3) is 0.269. The summed E-state index contributed by atoms with van der Waals surface area (Å²) in [6, 6.07) is 24.9. The Bertz CT molecular complexity index is 1310. The number of carbonyl (C=O) groups is 1. The van der Waals surface area contributed by atoms with Crippen molar-refractivity contribution in [2.75, 3.05) is 6.54 Å². The minimum atomic E-state index is -3.94. The summed E-state index contributed by atoms with van der Waals surface area (Å²) < 4.78 is 32.3. The monoisotopic (exact) mass is 638 g/mol. The second-order valence-corrected chi connectivity index (χ2v) is 13.0. The lowest BCUT2D eigenvalue weighted by atomic mass is 9.77. The number of carbonyl (C=O) groups excluding carboxylic acids is 1. The molecule has 182 valence electrons. The van der Waals surface area contributed by atoms with Gasteiger partial charge in [-0.25, -0.2) is 12.7 Å². The van der Waals surface area contributed by atoms with E-state index < -0.39 is 28.0 Å². The lowest BCUT2D eigenvalue weighted by Gasteiger charge is -2.51. The molecule has 4 atom stereocenters. The Kier molecular flexibility index (Phi) is 7.58. The standard InChI is InChI=1S/C26H24ClIN2O3S2/c27-20-12-7-13-21(14-20)35(32,33)30-24(19-10-5-2-6-11-19)16-26(31)22-17-29(34-28)23(15-25(22)30)18-8-3-1-4-9-18/h1-14,22-25H,15-17H2/t22-,23+,24+,25+/m1/s1. The van der Waals surface area contributed by atoms with Crippen molar-refractivity contribution in [3.8, 4) is 0 Å². The van der Waals surface area contributed by atoms with Crippen LogP contribution in [-0.2, 0) is 14.8 Å². The lowest BCUT2D eigenvalue weighted by Crippen LogP contribution is -2.59. The summed E-state index contributed by atoms with van der Waals surface area (Å²) in [4.78, 5) is 13.7. The molecule has 3 aromatic carbocycles. The van der Waals surface area contributed by atoms with Gasteiger partial charge >= 0.3 is 0 Å². The molecular formula is C26H24ClIN2O3S2. The molecule has 0 unspecified atom stereocenters. The van der Waals surface area contributed by atoms with Crippen LogP contribution in [0.2, 0.25) is 5.02 Å². The molecular weight excluding hydrogens is 615 g/mol. The molecule has 0 saturated carbocycles. The summed E-state index contributed by atoms with van der Waals surface area (Å²) in [6.45, 7) is 0.500. The summed E-state index contributed by atoms with van der Waals surface area (Å²) >= 11 is 8.45. The van der Waals surface area contributed by atoms with Gasteiger partial charge in [0, 0.05) is 57.2 Å². The molecule has 0 radical (unpaired) electrons. The van der Waals surface area contributed by atoms with Crippen molar-refractivity contribution < 1.29 is 13.2 Å². The molecule has 5 rings (SSSR count). The third-order valence-corrected chi connectivity index (χ3v) is 11.2. The fourth-order valence-electron chi connectivity index (χ4n) is 5.30. The van der Waals surface area contributed by atoms with Crippen LogP contribution in [0.3, 0.4) is 0 Å². The highest BCUT2D eigenvalue weighted by Crippen LogP contribution is 2.49. The highest BCUT2D eigenvalue weighted by molar-refractivity contribution is 14.2. The highest BCUT2D eigenvalue weighted by atomic mass is 127. The maximum atomic E-state index is 14.2. The number of nitrogens with zero attached hydrogens (tertiary/aromatic N) is 2. The Hall–Kier alpha value is -1.43. The quantitative estimate of drug-likeness (QED) is 0.237. The van der Waals surface area contributed by atoms with E-state index in [1.807, 2.05) is 48.5 Å². The second kappa shape index (κ2) is 10.5. The van der Waals surface area contributed by atoms with Crippen molar-refractivity contribution in [1.29, 1.82) is 0 Å². The summed E-state index contributed by atoms with van der Waals surface area (Å²) in [5.74, 6) is -0.283. The van der Waals surface area contributed by atoms with Gasteiger partial charge < -0.3 is 0 Å². The Morgan fingerprint density at radius 2 is 1.51 bits per heavy atom. The van der Waals surface area contributed by atoms with Gasteiger partial charge in [0.15, 0.2) is 0 Å². The van der Waals surface area contributed by atoms with Gasteiger partial charge in [-0.05, 0) is 44.9 Å². The molecule has 9 heteroatoms. The zero-order valence-electron chi connectivity index (χ0n) is 18.7. The molecule has 0 aromatic heterocycles. The first-order valence-corrected chi connectivity index (χ1v) is 16.5. The minimum Gasteiger partial charge on any atom is -0.299 e. The van der Waals surface area contributed by atoms with Crippen molar-refractivity contribution in [3.63, 3.8) is 0 Å². The van der Waals surface area contributed by atoms with E-state index in [4.69, 9.17) is 11.6 Å². The fourth-order valence-corrected chi connectivity index (χ4v) is 9.28. The average molecular weight is 639 g/mol. The van der Waals surface area contributed by atoms with Gasteiger partial charge in [-0.1, -0.05) is 78.3 Å². The van der Waals surface area contributed by atoms with Crippen molar-refractivity contribution in [1.82, 2.24) is 8.61 Å². The number of hydrogen-bond acceptors (Lipinski definition) is 5. The number of piperidine rings is 2. The summed E-state index contributed by atoms with van der Waals surface area (Å²) in [7, 11) is -2.36. The van der Waals surface area contributed by atoms with Gasteiger partial charge in [0.1, 0.15) is 5.78 Å². The number of Topliss-reactive ketones (excluding diaryl/α,β-unsaturated/α-hetero) is 1. The first kappa shape index (κ1) is 25.2. The zero-order chi connectivity index (χ0) is 24.6.